The Hall–Kier alpha value is -2.34. The summed E-state index contributed by atoms with van der Waals surface area (Å²) in [5.74, 6) is 0.853. The van der Waals surface area contributed by atoms with Gasteiger partial charge in [0.15, 0.2) is 5.96 Å². The number of benzene rings is 1. The smallest absolute Gasteiger partial charge is 0.190 e. The second-order valence-electron chi connectivity index (χ2n) is 7.28. The lowest BCUT2D eigenvalue weighted by atomic mass is 9.98. The SMILES string of the molecule is CN=C(NCCCOC1CCCCC1)NCCc1ccc(-n2cccn2)cc1. The van der Waals surface area contributed by atoms with Crippen LogP contribution in [-0.4, -0.2) is 48.6 Å². The standard InChI is InChI=1S/C22H33N5O/c1-23-22(24-14-6-18-28-21-7-3-2-4-8-21)25-16-13-19-9-11-20(12-10-19)27-17-5-15-26-27/h5,9-12,15,17,21H,2-4,6-8,13-14,16,18H2,1H3,(H2,23,24,25). The predicted molar refractivity (Wildman–Crippen MR) is 114 cm³/mol. The Balaban J connectivity index is 1.28. The molecule has 1 saturated carbocycles. The van der Waals surface area contributed by atoms with Crippen LogP contribution in [0.25, 0.3) is 5.69 Å². The fraction of sp³-hybridized carbons (Fsp3) is 0.545. The van der Waals surface area contributed by atoms with Crippen molar-refractivity contribution in [2.45, 2.75) is 51.0 Å². The van der Waals surface area contributed by atoms with Crippen molar-refractivity contribution in [2.24, 2.45) is 4.99 Å². The van der Waals surface area contributed by atoms with Crippen molar-refractivity contribution in [2.75, 3.05) is 26.7 Å². The molecule has 0 unspecified atom stereocenters. The van der Waals surface area contributed by atoms with E-state index < -0.39 is 0 Å². The van der Waals surface area contributed by atoms with Gasteiger partial charge in [0.05, 0.1) is 11.8 Å². The third-order valence-corrected chi connectivity index (χ3v) is 5.15. The summed E-state index contributed by atoms with van der Waals surface area (Å²) in [6.07, 6.45) is 12.7. The Kier molecular flexibility index (Phi) is 8.37. The molecule has 28 heavy (non-hydrogen) atoms. The molecule has 6 heteroatoms. The summed E-state index contributed by atoms with van der Waals surface area (Å²) in [6, 6.07) is 10.4. The van der Waals surface area contributed by atoms with Crippen molar-refractivity contribution < 1.29 is 4.74 Å². The predicted octanol–water partition coefficient (Wildman–Crippen LogP) is 3.32. The molecule has 1 aliphatic carbocycles. The first-order valence-electron chi connectivity index (χ1n) is 10.5. The summed E-state index contributed by atoms with van der Waals surface area (Å²) in [7, 11) is 1.81. The zero-order chi connectivity index (χ0) is 19.4. The molecule has 1 heterocycles. The van der Waals surface area contributed by atoms with Gasteiger partial charge in [-0.25, -0.2) is 4.68 Å². The van der Waals surface area contributed by atoms with Crippen molar-refractivity contribution in [1.29, 1.82) is 0 Å². The highest BCUT2D eigenvalue weighted by Gasteiger charge is 2.12. The Morgan fingerprint density at radius 1 is 1.14 bits per heavy atom. The molecule has 0 aliphatic heterocycles. The maximum atomic E-state index is 5.97. The van der Waals surface area contributed by atoms with E-state index >= 15 is 0 Å². The molecule has 1 fully saturated rings. The van der Waals surface area contributed by atoms with E-state index in [9.17, 15) is 0 Å². The molecular weight excluding hydrogens is 350 g/mol. The Morgan fingerprint density at radius 3 is 2.64 bits per heavy atom. The van der Waals surface area contributed by atoms with E-state index in [0.29, 0.717) is 6.10 Å². The Labute approximate surface area is 168 Å². The lowest BCUT2D eigenvalue weighted by Crippen LogP contribution is -2.39. The highest BCUT2D eigenvalue weighted by atomic mass is 16.5. The average Bonchev–Trinajstić information content (AvgIpc) is 3.28. The van der Waals surface area contributed by atoms with Crippen LogP contribution in [0.1, 0.15) is 44.1 Å². The average molecular weight is 384 g/mol. The van der Waals surface area contributed by atoms with Gasteiger partial charge in [0.2, 0.25) is 0 Å². The third-order valence-electron chi connectivity index (χ3n) is 5.15. The quantitative estimate of drug-likeness (QED) is 0.396. The zero-order valence-electron chi connectivity index (χ0n) is 16.9. The topological polar surface area (TPSA) is 63.5 Å². The molecule has 0 saturated heterocycles. The van der Waals surface area contributed by atoms with E-state index in [1.54, 1.807) is 6.20 Å². The highest BCUT2D eigenvalue weighted by molar-refractivity contribution is 5.79. The molecule has 1 aromatic heterocycles. The second kappa shape index (κ2) is 11.5. The molecular formula is C22H33N5O. The minimum absolute atomic E-state index is 0.492. The third kappa shape index (κ3) is 6.68. The van der Waals surface area contributed by atoms with Crippen LogP contribution >= 0.6 is 0 Å². The largest absolute Gasteiger partial charge is 0.378 e. The monoisotopic (exact) mass is 383 g/mol. The fourth-order valence-corrected chi connectivity index (χ4v) is 3.54. The number of aromatic nitrogens is 2. The van der Waals surface area contributed by atoms with E-state index in [-0.39, 0.29) is 0 Å². The number of rotatable bonds is 9. The lowest BCUT2D eigenvalue weighted by Gasteiger charge is -2.22. The molecule has 2 N–H and O–H groups in total. The van der Waals surface area contributed by atoms with Crippen molar-refractivity contribution in [3.63, 3.8) is 0 Å². The summed E-state index contributed by atoms with van der Waals surface area (Å²) >= 11 is 0. The van der Waals surface area contributed by atoms with Crippen LogP contribution in [0, 0.1) is 0 Å². The van der Waals surface area contributed by atoms with Gasteiger partial charge in [0.1, 0.15) is 0 Å². The summed E-state index contributed by atoms with van der Waals surface area (Å²) < 4.78 is 7.83. The number of hydrogen-bond donors (Lipinski definition) is 2. The Morgan fingerprint density at radius 2 is 1.93 bits per heavy atom. The normalized spacial score (nSPS) is 15.5. The van der Waals surface area contributed by atoms with Crippen LogP contribution in [0.4, 0.5) is 0 Å². The first-order valence-corrected chi connectivity index (χ1v) is 10.5. The molecule has 0 bridgehead atoms. The number of hydrogen-bond acceptors (Lipinski definition) is 3. The van der Waals surface area contributed by atoms with Gasteiger partial charge in [0, 0.05) is 39.1 Å². The number of nitrogens with zero attached hydrogens (tertiary/aromatic N) is 3. The van der Waals surface area contributed by atoms with Crippen LogP contribution in [0.15, 0.2) is 47.7 Å². The molecule has 0 amide bonds. The summed E-state index contributed by atoms with van der Waals surface area (Å²) in [5.41, 5.74) is 2.37. The van der Waals surface area contributed by atoms with E-state index in [1.165, 1.54) is 37.7 Å². The van der Waals surface area contributed by atoms with Crippen molar-refractivity contribution >= 4 is 5.96 Å². The molecule has 0 atom stereocenters. The molecule has 152 valence electrons. The van der Waals surface area contributed by atoms with E-state index in [2.05, 4.69) is 45.0 Å². The van der Waals surface area contributed by atoms with E-state index in [0.717, 1.165) is 44.2 Å². The molecule has 3 rings (SSSR count). The zero-order valence-corrected chi connectivity index (χ0v) is 16.9. The van der Waals surface area contributed by atoms with Crippen LogP contribution < -0.4 is 10.6 Å². The molecule has 6 nitrogen and oxygen atoms in total. The van der Waals surface area contributed by atoms with Crippen LogP contribution in [0.3, 0.4) is 0 Å². The van der Waals surface area contributed by atoms with Gasteiger partial charge in [-0.15, -0.1) is 0 Å². The maximum Gasteiger partial charge on any atom is 0.190 e. The molecule has 1 aromatic carbocycles. The summed E-state index contributed by atoms with van der Waals surface area (Å²) in [4.78, 5) is 4.30. The summed E-state index contributed by atoms with van der Waals surface area (Å²) in [5, 5.41) is 11.0. The van der Waals surface area contributed by atoms with Crippen molar-refractivity contribution in [1.82, 2.24) is 20.4 Å². The molecule has 1 aliphatic rings. The van der Waals surface area contributed by atoms with E-state index in [1.807, 2.05) is 24.0 Å². The number of nitrogens with one attached hydrogen (secondary N) is 2. The Bertz CT molecular complexity index is 690. The minimum Gasteiger partial charge on any atom is -0.378 e. The second-order valence-corrected chi connectivity index (χ2v) is 7.28. The van der Waals surface area contributed by atoms with E-state index in [4.69, 9.17) is 4.74 Å². The summed E-state index contributed by atoms with van der Waals surface area (Å²) in [6.45, 7) is 2.56. The number of aliphatic imine (C=N–C) groups is 1. The number of guanidine groups is 1. The lowest BCUT2D eigenvalue weighted by molar-refractivity contribution is 0.0277. The van der Waals surface area contributed by atoms with Crippen LogP contribution in [0.5, 0.6) is 0 Å². The van der Waals surface area contributed by atoms with Gasteiger partial charge in [-0.2, -0.15) is 5.10 Å². The first kappa shape index (κ1) is 20.4. The molecule has 0 spiro atoms. The molecule has 2 aromatic rings. The van der Waals surface area contributed by atoms with Gasteiger partial charge in [-0.3, -0.25) is 4.99 Å². The molecule has 0 radical (unpaired) electrons. The van der Waals surface area contributed by atoms with Gasteiger partial charge in [-0.1, -0.05) is 31.4 Å². The highest BCUT2D eigenvalue weighted by Crippen LogP contribution is 2.20. The van der Waals surface area contributed by atoms with Gasteiger partial charge >= 0.3 is 0 Å². The van der Waals surface area contributed by atoms with Crippen LogP contribution in [-0.2, 0) is 11.2 Å². The fourth-order valence-electron chi connectivity index (χ4n) is 3.54. The van der Waals surface area contributed by atoms with Crippen molar-refractivity contribution in [3.05, 3.63) is 48.3 Å². The minimum atomic E-state index is 0.492. The van der Waals surface area contributed by atoms with Gasteiger partial charge < -0.3 is 15.4 Å². The first-order chi connectivity index (χ1) is 13.8. The van der Waals surface area contributed by atoms with Crippen LogP contribution in [0.2, 0.25) is 0 Å². The van der Waals surface area contributed by atoms with Gasteiger partial charge in [-0.05, 0) is 49.4 Å². The maximum absolute atomic E-state index is 5.97. The van der Waals surface area contributed by atoms with Crippen molar-refractivity contribution in [3.8, 4) is 5.69 Å². The number of ether oxygens (including phenoxy) is 1. The van der Waals surface area contributed by atoms with Gasteiger partial charge in [0.25, 0.3) is 0 Å².